The number of amides is 3. The van der Waals surface area contributed by atoms with Gasteiger partial charge in [0.1, 0.15) is 12.9 Å². The minimum Gasteiger partial charge on any atom is -0.416 e. The fraction of sp³-hybridized carbons (Fsp3) is 0.261. The Morgan fingerprint density at radius 1 is 0.844 bits per heavy atom. The van der Waals surface area contributed by atoms with E-state index in [-0.39, 0.29) is 31.5 Å². The molecule has 9 heteroatoms. The van der Waals surface area contributed by atoms with Crippen molar-refractivity contribution in [3.63, 3.8) is 0 Å². The number of anilines is 2. The van der Waals surface area contributed by atoms with E-state index < -0.39 is 12.2 Å². The number of hydrogen-bond donors (Lipinski definition) is 1. The number of aliphatic hydroxyl groups excluding tert-OH is 1. The lowest BCUT2D eigenvalue weighted by Crippen LogP contribution is -2.42. The molecule has 3 heterocycles. The quantitative estimate of drug-likeness (QED) is 0.773. The van der Waals surface area contributed by atoms with Crippen LogP contribution in [0.4, 0.5) is 16.2 Å². The Balaban J connectivity index is 1.41. The molecule has 1 N–H and O–H groups in total. The Kier molecular flexibility index (Phi) is 5.12. The van der Waals surface area contributed by atoms with E-state index in [2.05, 4.69) is 0 Å². The van der Waals surface area contributed by atoms with Crippen molar-refractivity contribution in [2.45, 2.75) is 6.10 Å². The van der Waals surface area contributed by atoms with E-state index in [4.69, 9.17) is 9.47 Å². The Hall–Kier alpha value is -3.69. The second-order valence-corrected chi connectivity index (χ2v) is 7.73. The van der Waals surface area contributed by atoms with Gasteiger partial charge in [0.05, 0.1) is 31.5 Å². The van der Waals surface area contributed by atoms with Crippen molar-refractivity contribution < 1.29 is 29.0 Å². The van der Waals surface area contributed by atoms with Gasteiger partial charge in [-0.25, -0.2) is 4.79 Å². The summed E-state index contributed by atoms with van der Waals surface area (Å²) >= 11 is 0. The number of nitrogens with zero attached hydrogens (tertiary/aromatic N) is 3. The molecule has 0 saturated carbocycles. The third kappa shape index (κ3) is 3.51. The minimum atomic E-state index is -0.997. The smallest absolute Gasteiger partial charge is 0.416 e. The van der Waals surface area contributed by atoms with Crippen molar-refractivity contribution in [3.05, 3.63) is 65.9 Å². The molecule has 164 valence electrons. The van der Waals surface area contributed by atoms with Crippen LogP contribution in [0.15, 0.2) is 54.8 Å². The van der Waals surface area contributed by atoms with Gasteiger partial charge in [-0.1, -0.05) is 18.2 Å². The number of cyclic esters (lactones) is 1. The van der Waals surface area contributed by atoms with Crippen LogP contribution in [-0.2, 0) is 14.3 Å². The highest BCUT2D eigenvalue weighted by molar-refractivity contribution is 6.09. The van der Waals surface area contributed by atoms with Crippen LogP contribution >= 0.6 is 0 Å². The topological polar surface area (TPSA) is 99.6 Å². The predicted molar refractivity (Wildman–Crippen MR) is 115 cm³/mol. The molecule has 3 aliphatic rings. The van der Waals surface area contributed by atoms with Crippen molar-refractivity contribution >= 4 is 35.0 Å². The maximum Gasteiger partial charge on any atom is 0.419 e. The monoisotopic (exact) mass is 435 g/mol. The number of carbonyl (C=O) groups is 3. The standard InChI is InChI=1S/C23H21N3O6/c27-17-11-25(16-7-5-15(6-8-16)24-9-10-31-14-21(24)28)23(30)32-13-20-18-3-1-2-4-19(18)22(29)26(20)12-17/h1-8,13,17,27H,9-12,14H2/t17-/m1/s1. The van der Waals surface area contributed by atoms with E-state index in [1.54, 1.807) is 53.4 Å². The number of carbonyl (C=O) groups excluding carboxylic acids is 3. The molecule has 0 aromatic heterocycles. The Bertz CT molecular complexity index is 1110. The Morgan fingerprint density at radius 3 is 2.22 bits per heavy atom. The lowest BCUT2D eigenvalue weighted by molar-refractivity contribution is -0.125. The summed E-state index contributed by atoms with van der Waals surface area (Å²) in [5.41, 5.74) is 2.81. The zero-order valence-electron chi connectivity index (χ0n) is 17.1. The summed E-state index contributed by atoms with van der Waals surface area (Å²) in [5.74, 6) is -0.367. The van der Waals surface area contributed by atoms with Crippen LogP contribution in [-0.4, -0.2) is 66.9 Å². The van der Waals surface area contributed by atoms with Gasteiger partial charge in [-0.3, -0.25) is 14.5 Å². The molecular formula is C23H21N3O6. The van der Waals surface area contributed by atoms with Gasteiger partial charge < -0.3 is 24.4 Å². The fourth-order valence-corrected chi connectivity index (χ4v) is 4.14. The average Bonchev–Trinajstić information content (AvgIpc) is 3.10. The lowest BCUT2D eigenvalue weighted by atomic mass is 10.1. The van der Waals surface area contributed by atoms with Crippen LogP contribution in [0.25, 0.3) is 5.70 Å². The summed E-state index contributed by atoms with van der Waals surface area (Å²) < 4.78 is 10.6. The summed E-state index contributed by atoms with van der Waals surface area (Å²) in [6, 6.07) is 13.9. The van der Waals surface area contributed by atoms with Gasteiger partial charge in [0.25, 0.3) is 11.8 Å². The highest BCUT2D eigenvalue weighted by Crippen LogP contribution is 2.34. The third-order valence-electron chi connectivity index (χ3n) is 5.71. The summed E-state index contributed by atoms with van der Waals surface area (Å²) in [6.45, 7) is 0.925. The number of hydrogen-bond acceptors (Lipinski definition) is 6. The zero-order valence-corrected chi connectivity index (χ0v) is 17.1. The van der Waals surface area contributed by atoms with Crippen LogP contribution in [0.3, 0.4) is 0 Å². The molecule has 1 atom stereocenters. The molecule has 2 aromatic rings. The van der Waals surface area contributed by atoms with E-state index in [9.17, 15) is 19.5 Å². The molecule has 3 aliphatic heterocycles. The largest absolute Gasteiger partial charge is 0.419 e. The van der Waals surface area contributed by atoms with E-state index in [1.807, 2.05) is 0 Å². The SMILES string of the molecule is O=C1c2ccccc2C2=COC(=O)N(c3ccc(N4CCOCC4=O)cc3)C[C@@H](O)CN12. The van der Waals surface area contributed by atoms with Gasteiger partial charge in [0.2, 0.25) is 0 Å². The van der Waals surface area contributed by atoms with Gasteiger partial charge >= 0.3 is 6.09 Å². The van der Waals surface area contributed by atoms with Crippen molar-refractivity contribution in [1.82, 2.24) is 4.90 Å². The highest BCUT2D eigenvalue weighted by Gasteiger charge is 2.36. The van der Waals surface area contributed by atoms with Crippen LogP contribution in [0.1, 0.15) is 15.9 Å². The molecule has 3 amide bonds. The second kappa shape index (κ2) is 8.10. The molecule has 0 bridgehead atoms. The molecule has 0 spiro atoms. The van der Waals surface area contributed by atoms with Gasteiger partial charge in [-0.15, -0.1) is 0 Å². The predicted octanol–water partition coefficient (Wildman–Crippen LogP) is 1.82. The summed E-state index contributed by atoms with van der Waals surface area (Å²) in [7, 11) is 0. The van der Waals surface area contributed by atoms with Gasteiger partial charge in [0.15, 0.2) is 0 Å². The first-order valence-corrected chi connectivity index (χ1v) is 10.3. The number of rotatable bonds is 2. The van der Waals surface area contributed by atoms with Crippen LogP contribution in [0.5, 0.6) is 0 Å². The zero-order chi connectivity index (χ0) is 22.2. The van der Waals surface area contributed by atoms with Crippen molar-refractivity contribution in [3.8, 4) is 0 Å². The van der Waals surface area contributed by atoms with Gasteiger partial charge in [-0.2, -0.15) is 0 Å². The number of morpholine rings is 1. The third-order valence-corrected chi connectivity index (χ3v) is 5.71. The molecule has 5 rings (SSSR count). The lowest BCUT2D eigenvalue weighted by Gasteiger charge is -2.28. The maximum atomic E-state index is 12.9. The Morgan fingerprint density at radius 2 is 1.50 bits per heavy atom. The first kappa shape index (κ1) is 20.2. The van der Waals surface area contributed by atoms with Crippen LogP contribution < -0.4 is 9.80 Å². The molecule has 2 aromatic carbocycles. The molecule has 1 saturated heterocycles. The van der Waals surface area contributed by atoms with Crippen LogP contribution in [0, 0.1) is 0 Å². The number of β-amino-alcohol motifs (C(OH)–C–C–N with tert-alkyl or cyclic N) is 1. The molecule has 1 fully saturated rings. The number of ether oxygens (including phenoxy) is 2. The van der Waals surface area contributed by atoms with E-state index >= 15 is 0 Å². The normalized spacial score (nSPS) is 21.3. The first-order chi connectivity index (χ1) is 15.5. The minimum absolute atomic E-state index is 0.0207. The number of fused-ring (bicyclic) bond motifs is 3. The average molecular weight is 435 g/mol. The molecule has 32 heavy (non-hydrogen) atoms. The number of aliphatic hydroxyl groups is 1. The molecule has 0 unspecified atom stereocenters. The van der Waals surface area contributed by atoms with E-state index in [0.29, 0.717) is 41.4 Å². The van der Waals surface area contributed by atoms with Crippen LogP contribution in [0.2, 0.25) is 0 Å². The summed E-state index contributed by atoms with van der Waals surface area (Å²) in [4.78, 5) is 42.0. The fourth-order valence-electron chi connectivity index (χ4n) is 4.14. The molecular weight excluding hydrogens is 414 g/mol. The first-order valence-electron chi connectivity index (χ1n) is 10.3. The number of benzene rings is 2. The Labute approximate surface area is 184 Å². The van der Waals surface area contributed by atoms with Crippen molar-refractivity contribution in [2.75, 3.05) is 42.6 Å². The van der Waals surface area contributed by atoms with E-state index in [0.717, 1.165) is 0 Å². The van der Waals surface area contributed by atoms with Crippen molar-refractivity contribution in [1.29, 1.82) is 0 Å². The summed E-state index contributed by atoms with van der Waals surface area (Å²) in [6.07, 6.45) is -0.411. The van der Waals surface area contributed by atoms with Gasteiger partial charge in [0, 0.05) is 29.0 Å². The molecule has 0 aliphatic carbocycles. The summed E-state index contributed by atoms with van der Waals surface area (Å²) in [5, 5.41) is 10.7. The van der Waals surface area contributed by atoms with Crippen molar-refractivity contribution in [2.24, 2.45) is 0 Å². The maximum absolute atomic E-state index is 12.9. The molecule has 9 nitrogen and oxygen atoms in total. The highest BCUT2D eigenvalue weighted by atomic mass is 16.5. The van der Waals surface area contributed by atoms with Gasteiger partial charge in [-0.05, 0) is 30.3 Å². The molecule has 0 radical (unpaired) electrons. The van der Waals surface area contributed by atoms with E-state index in [1.165, 1.54) is 16.1 Å². The second-order valence-electron chi connectivity index (χ2n) is 7.73.